The second kappa shape index (κ2) is 8.55. The fourth-order valence-corrected chi connectivity index (χ4v) is 3.10. The van der Waals surface area contributed by atoms with Gasteiger partial charge in [0.05, 0.1) is 33.4 Å². The van der Waals surface area contributed by atoms with Gasteiger partial charge in [0, 0.05) is 42.0 Å². The lowest BCUT2D eigenvalue weighted by molar-refractivity contribution is -0.116. The first-order valence-corrected chi connectivity index (χ1v) is 8.90. The molecule has 0 unspecified atom stereocenters. The Kier molecular flexibility index (Phi) is 5.92. The molecule has 0 aliphatic rings. The standard InChI is InChI=1S/C21H23N3O5/c1-24(21(26)15-11-22-16-8-6-5-7-14(15)16)12-19(25)23-13-9-17(27-2)20(29-4)18(10-13)28-3/h5-11,22H,12H2,1-4H3,(H,23,25). The van der Waals surface area contributed by atoms with Gasteiger partial charge in [-0.15, -0.1) is 0 Å². The van der Waals surface area contributed by atoms with Crippen molar-refractivity contribution >= 4 is 28.4 Å². The van der Waals surface area contributed by atoms with Gasteiger partial charge in [0.15, 0.2) is 11.5 Å². The lowest BCUT2D eigenvalue weighted by atomic mass is 10.1. The predicted octanol–water partition coefficient (Wildman–Crippen LogP) is 2.90. The molecule has 0 spiro atoms. The Morgan fingerprint density at radius 2 is 1.69 bits per heavy atom. The summed E-state index contributed by atoms with van der Waals surface area (Å²) in [5.74, 6) is 0.674. The average molecular weight is 397 g/mol. The van der Waals surface area contributed by atoms with E-state index in [0.717, 1.165) is 10.9 Å². The lowest BCUT2D eigenvalue weighted by Crippen LogP contribution is -2.34. The summed E-state index contributed by atoms with van der Waals surface area (Å²) in [4.78, 5) is 29.7. The Morgan fingerprint density at radius 1 is 1.03 bits per heavy atom. The van der Waals surface area contributed by atoms with Gasteiger partial charge in [0.25, 0.3) is 5.91 Å². The van der Waals surface area contributed by atoms with Crippen LogP contribution in [0.25, 0.3) is 10.9 Å². The molecule has 0 aliphatic carbocycles. The fraction of sp³-hybridized carbons (Fsp3) is 0.238. The maximum atomic E-state index is 12.8. The minimum absolute atomic E-state index is 0.116. The summed E-state index contributed by atoms with van der Waals surface area (Å²) in [7, 11) is 6.08. The number of ether oxygens (including phenoxy) is 3. The van der Waals surface area contributed by atoms with E-state index in [0.29, 0.717) is 28.5 Å². The number of amides is 2. The topological polar surface area (TPSA) is 92.9 Å². The van der Waals surface area contributed by atoms with Crippen molar-refractivity contribution in [1.29, 1.82) is 0 Å². The number of carbonyl (C=O) groups is 2. The van der Waals surface area contributed by atoms with E-state index >= 15 is 0 Å². The highest BCUT2D eigenvalue weighted by Gasteiger charge is 2.19. The second-order valence-electron chi connectivity index (χ2n) is 6.37. The molecular weight excluding hydrogens is 374 g/mol. The zero-order chi connectivity index (χ0) is 21.0. The van der Waals surface area contributed by atoms with Crippen LogP contribution < -0.4 is 19.5 Å². The fourth-order valence-electron chi connectivity index (χ4n) is 3.10. The van der Waals surface area contributed by atoms with Crippen molar-refractivity contribution in [2.24, 2.45) is 0 Å². The molecule has 3 rings (SSSR count). The maximum absolute atomic E-state index is 12.8. The minimum Gasteiger partial charge on any atom is -0.493 e. The number of rotatable bonds is 7. The van der Waals surface area contributed by atoms with Crippen molar-refractivity contribution in [3.8, 4) is 17.2 Å². The number of likely N-dealkylation sites (N-methyl/N-ethyl adjacent to an activating group) is 1. The first-order chi connectivity index (χ1) is 14.0. The monoisotopic (exact) mass is 397 g/mol. The molecule has 2 aromatic carbocycles. The van der Waals surface area contributed by atoms with Gasteiger partial charge in [-0.05, 0) is 6.07 Å². The van der Waals surface area contributed by atoms with Crippen molar-refractivity contribution in [1.82, 2.24) is 9.88 Å². The van der Waals surface area contributed by atoms with Crippen molar-refractivity contribution in [3.05, 3.63) is 48.2 Å². The van der Waals surface area contributed by atoms with Crippen LogP contribution in [0.15, 0.2) is 42.6 Å². The molecule has 3 aromatic rings. The van der Waals surface area contributed by atoms with E-state index in [1.165, 1.54) is 26.2 Å². The molecule has 8 nitrogen and oxygen atoms in total. The molecule has 1 heterocycles. The highest BCUT2D eigenvalue weighted by atomic mass is 16.5. The molecule has 0 radical (unpaired) electrons. The van der Waals surface area contributed by atoms with Gasteiger partial charge in [-0.25, -0.2) is 0 Å². The third kappa shape index (κ3) is 4.11. The number of fused-ring (bicyclic) bond motifs is 1. The number of anilines is 1. The Balaban J connectivity index is 1.72. The molecule has 29 heavy (non-hydrogen) atoms. The average Bonchev–Trinajstić information content (AvgIpc) is 3.16. The summed E-state index contributed by atoms with van der Waals surface area (Å²) in [6.45, 7) is -0.116. The Labute approximate surface area is 168 Å². The van der Waals surface area contributed by atoms with Gasteiger partial charge >= 0.3 is 0 Å². The summed E-state index contributed by atoms with van der Waals surface area (Å²) < 4.78 is 15.8. The number of methoxy groups -OCH3 is 3. The van der Waals surface area contributed by atoms with Crippen LogP contribution in [-0.2, 0) is 4.79 Å². The second-order valence-corrected chi connectivity index (χ2v) is 6.37. The maximum Gasteiger partial charge on any atom is 0.256 e. The van der Waals surface area contributed by atoms with E-state index in [1.54, 1.807) is 25.4 Å². The summed E-state index contributed by atoms with van der Waals surface area (Å²) in [6, 6.07) is 10.8. The summed E-state index contributed by atoms with van der Waals surface area (Å²) in [5.41, 5.74) is 1.85. The van der Waals surface area contributed by atoms with Crippen LogP contribution in [0.5, 0.6) is 17.2 Å². The number of aromatic amines is 1. The zero-order valence-electron chi connectivity index (χ0n) is 16.7. The van der Waals surface area contributed by atoms with Crippen LogP contribution in [0, 0.1) is 0 Å². The largest absolute Gasteiger partial charge is 0.493 e. The van der Waals surface area contributed by atoms with E-state index < -0.39 is 0 Å². The summed E-state index contributed by atoms with van der Waals surface area (Å²) >= 11 is 0. The molecule has 0 bridgehead atoms. The molecule has 2 amide bonds. The number of hydrogen-bond acceptors (Lipinski definition) is 5. The number of nitrogens with zero attached hydrogens (tertiary/aromatic N) is 1. The third-order valence-electron chi connectivity index (χ3n) is 4.50. The number of aromatic nitrogens is 1. The quantitative estimate of drug-likeness (QED) is 0.640. The number of hydrogen-bond donors (Lipinski definition) is 2. The van der Waals surface area contributed by atoms with Crippen molar-refractivity contribution in [2.75, 3.05) is 40.2 Å². The molecule has 0 saturated carbocycles. The Morgan fingerprint density at radius 3 is 2.31 bits per heavy atom. The van der Waals surface area contributed by atoms with Gasteiger partial charge in [-0.3, -0.25) is 9.59 Å². The molecule has 1 aromatic heterocycles. The van der Waals surface area contributed by atoms with Crippen molar-refractivity contribution in [2.45, 2.75) is 0 Å². The first kappa shape index (κ1) is 20.1. The number of para-hydroxylation sites is 1. The van der Waals surface area contributed by atoms with Gasteiger partial charge in [-0.2, -0.15) is 0 Å². The molecular formula is C21H23N3O5. The summed E-state index contributed by atoms with van der Waals surface area (Å²) in [5, 5.41) is 3.57. The molecule has 0 aliphatic heterocycles. The smallest absolute Gasteiger partial charge is 0.256 e. The Bertz CT molecular complexity index is 1020. The van der Waals surface area contributed by atoms with Crippen LogP contribution in [0.2, 0.25) is 0 Å². The van der Waals surface area contributed by atoms with Crippen LogP contribution in [0.1, 0.15) is 10.4 Å². The number of carbonyl (C=O) groups excluding carboxylic acids is 2. The van der Waals surface area contributed by atoms with Crippen molar-refractivity contribution in [3.63, 3.8) is 0 Å². The number of benzene rings is 2. The highest BCUT2D eigenvalue weighted by Crippen LogP contribution is 2.39. The van der Waals surface area contributed by atoms with E-state index in [1.807, 2.05) is 24.3 Å². The van der Waals surface area contributed by atoms with Gasteiger partial charge in [0.2, 0.25) is 11.7 Å². The molecule has 2 N–H and O–H groups in total. The van der Waals surface area contributed by atoms with Gasteiger partial charge in [-0.1, -0.05) is 18.2 Å². The molecule has 0 fully saturated rings. The van der Waals surface area contributed by atoms with Crippen LogP contribution >= 0.6 is 0 Å². The van der Waals surface area contributed by atoms with E-state index in [9.17, 15) is 9.59 Å². The summed E-state index contributed by atoms with van der Waals surface area (Å²) in [6.07, 6.45) is 1.65. The normalized spacial score (nSPS) is 10.5. The van der Waals surface area contributed by atoms with Crippen molar-refractivity contribution < 1.29 is 23.8 Å². The van der Waals surface area contributed by atoms with Gasteiger partial charge < -0.3 is 29.4 Å². The van der Waals surface area contributed by atoms with Crippen LogP contribution in [0.3, 0.4) is 0 Å². The number of H-pyrrole nitrogens is 1. The van der Waals surface area contributed by atoms with Gasteiger partial charge in [0.1, 0.15) is 0 Å². The first-order valence-electron chi connectivity index (χ1n) is 8.90. The van der Waals surface area contributed by atoms with E-state index in [-0.39, 0.29) is 18.4 Å². The zero-order valence-corrected chi connectivity index (χ0v) is 16.7. The van der Waals surface area contributed by atoms with Crippen LogP contribution in [0.4, 0.5) is 5.69 Å². The third-order valence-corrected chi connectivity index (χ3v) is 4.50. The van der Waals surface area contributed by atoms with Crippen LogP contribution in [-0.4, -0.2) is 56.6 Å². The molecule has 0 saturated heterocycles. The Hall–Kier alpha value is -3.68. The lowest BCUT2D eigenvalue weighted by Gasteiger charge is -2.18. The van der Waals surface area contributed by atoms with E-state index in [2.05, 4.69) is 10.3 Å². The minimum atomic E-state index is -0.352. The predicted molar refractivity (Wildman–Crippen MR) is 110 cm³/mol. The number of nitrogens with one attached hydrogen (secondary N) is 2. The molecule has 0 atom stereocenters. The van der Waals surface area contributed by atoms with E-state index in [4.69, 9.17) is 14.2 Å². The molecule has 152 valence electrons. The molecule has 8 heteroatoms. The highest BCUT2D eigenvalue weighted by molar-refractivity contribution is 6.08. The SMILES string of the molecule is COc1cc(NC(=O)CN(C)C(=O)c2c[nH]c3ccccc23)cc(OC)c1OC.